The van der Waals surface area contributed by atoms with Crippen LogP contribution in [0, 0.1) is 11.3 Å². The van der Waals surface area contributed by atoms with Crippen LogP contribution in [0.25, 0.3) is 0 Å². The third-order valence-corrected chi connectivity index (χ3v) is 4.56. The Balaban J connectivity index is 1.79. The van der Waals surface area contributed by atoms with E-state index in [2.05, 4.69) is 25.8 Å². The van der Waals surface area contributed by atoms with Gasteiger partial charge < -0.3 is 14.7 Å². The second-order valence-corrected chi connectivity index (χ2v) is 7.09. The highest BCUT2D eigenvalue weighted by Crippen LogP contribution is 2.38. The average Bonchev–Trinajstić information content (AvgIpc) is 2.76. The van der Waals surface area contributed by atoms with Crippen LogP contribution in [0.15, 0.2) is 0 Å². The molecule has 1 aliphatic carbocycles. The molecule has 3 nitrogen and oxygen atoms in total. The topological polar surface area (TPSA) is 32.7 Å². The molecule has 2 rings (SSSR count). The van der Waals surface area contributed by atoms with E-state index in [0.717, 1.165) is 39.0 Å². The molecule has 3 unspecified atom stereocenters. The Labute approximate surface area is 112 Å². The van der Waals surface area contributed by atoms with E-state index in [0.29, 0.717) is 17.4 Å². The molecule has 3 heteroatoms. The summed E-state index contributed by atoms with van der Waals surface area (Å²) < 4.78 is 5.68. The van der Waals surface area contributed by atoms with Gasteiger partial charge in [0, 0.05) is 19.7 Å². The van der Waals surface area contributed by atoms with Gasteiger partial charge in [-0.25, -0.2) is 0 Å². The second kappa shape index (κ2) is 5.89. The lowest BCUT2D eigenvalue weighted by Crippen LogP contribution is -2.41. The number of ether oxygens (including phenoxy) is 1. The fourth-order valence-corrected chi connectivity index (χ4v) is 3.52. The normalized spacial score (nSPS) is 36.2. The maximum Gasteiger partial charge on any atom is 0.0702 e. The monoisotopic (exact) mass is 255 g/mol. The van der Waals surface area contributed by atoms with Crippen LogP contribution in [0.5, 0.6) is 0 Å². The molecular formula is C15H29NO2. The highest BCUT2D eigenvalue weighted by atomic mass is 16.5. The SMILES string of the molecule is CN(CC1CCCO1)CC1CC(C)(C)CCC1O. The first-order valence-electron chi connectivity index (χ1n) is 7.44. The van der Waals surface area contributed by atoms with E-state index in [-0.39, 0.29) is 6.10 Å². The van der Waals surface area contributed by atoms with E-state index in [9.17, 15) is 5.11 Å². The number of likely N-dealkylation sites (N-methyl/N-ethyl adjacent to an activating group) is 1. The minimum Gasteiger partial charge on any atom is -0.393 e. The number of nitrogens with zero attached hydrogens (tertiary/aromatic N) is 1. The Hall–Kier alpha value is -0.120. The molecule has 1 saturated heterocycles. The van der Waals surface area contributed by atoms with Crippen molar-refractivity contribution < 1.29 is 9.84 Å². The van der Waals surface area contributed by atoms with E-state index >= 15 is 0 Å². The molecule has 0 aromatic rings. The summed E-state index contributed by atoms with van der Waals surface area (Å²) in [6.07, 6.45) is 5.98. The minimum absolute atomic E-state index is 0.107. The third-order valence-electron chi connectivity index (χ3n) is 4.56. The van der Waals surface area contributed by atoms with E-state index in [1.165, 1.54) is 12.8 Å². The van der Waals surface area contributed by atoms with E-state index in [1.807, 2.05) is 0 Å². The Morgan fingerprint density at radius 1 is 1.28 bits per heavy atom. The van der Waals surface area contributed by atoms with Gasteiger partial charge >= 0.3 is 0 Å². The summed E-state index contributed by atoms with van der Waals surface area (Å²) in [6.45, 7) is 7.60. The Kier molecular flexibility index (Phi) is 4.68. The molecule has 0 bridgehead atoms. The standard InChI is InChI=1S/C15H29NO2/c1-15(2)7-6-14(17)12(9-15)10-16(3)11-13-5-4-8-18-13/h12-14,17H,4-11H2,1-3H3. The number of rotatable bonds is 4. The van der Waals surface area contributed by atoms with Gasteiger partial charge in [0.25, 0.3) is 0 Å². The summed E-state index contributed by atoms with van der Waals surface area (Å²) in [7, 11) is 2.16. The molecule has 0 amide bonds. The van der Waals surface area contributed by atoms with Gasteiger partial charge in [-0.15, -0.1) is 0 Å². The fourth-order valence-electron chi connectivity index (χ4n) is 3.52. The second-order valence-electron chi connectivity index (χ2n) is 7.09. The Morgan fingerprint density at radius 2 is 2.06 bits per heavy atom. The number of hydrogen-bond donors (Lipinski definition) is 1. The summed E-state index contributed by atoms with van der Waals surface area (Å²) >= 11 is 0. The molecule has 2 fully saturated rings. The van der Waals surface area contributed by atoms with Crippen molar-refractivity contribution in [2.45, 2.75) is 58.2 Å². The predicted octanol–water partition coefficient (Wildman–Crippen LogP) is 2.28. The van der Waals surface area contributed by atoms with Crippen molar-refractivity contribution in [3.8, 4) is 0 Å². The zero-order valence-corrected chi connectivity index (χ0v) is 12.2. The van der Waals surface area contributed by atoms with Crippen molar-refractivity contribution in [3.05, 3.63) is 0 Å². The van der Waals surface area contributed by atoms with Crippen LogP contribution in [-0.2, 0) is 4.74 Å². The van der Waals surface area contributed by atoms with Crippen molar-refractivity contribution in [2.75, 3.05) is 26.7 Å². The minimum atomic E-state index is -0.107. The smallest absolute Gasteiger partial charge is 0.0702 e. The largest absolute Gasteiger partial charge is 0.393 e. The molecule has 1 N–H and O–H groups in total. The van der Waals surface area contributed by atoms with Gasteiger partial charge in [0.1, 0.15) is 0 Å². The van der Waals surface area contributed by atoms with Crippen molar-refractivity contribution in [2.24, 2.45) is 11.3 Å². The van der Waals surface area contributed by atoms with Crippen LogP contribution >= 0.6 is 0 Å². The maximum atomic E-state index is 10.2. The highest BCUT2D eigenvalue weighted by Gasteiger charge is 2.34. The van der Waals surface area contributed by atoms with Crippen molar-refractivity contribution in [1.29, 1.82) is 0 Å². The van der Waals surface area contributed by atoms with Crippen LogP contribution < -0.4 is 0 Å². The van der Waals surface area contributed by atoms with Gasteiger partial charge in [-0.2, -0.15) is 0 Å². The first-order valence-corrected chi connectivity index (χ1v) is 7.44. The number of aliphatic hydroxyl groups excluding tert-OH is 1. The Morgan fingerprint density at radius 3 is 2.72 bits per heavy atom. The van der Waals surface area contributed by atoms with Gasteiger partial charge in [-0.3, -0.25) is 0 Å². The summed E-state index contributed by atoms with van der Waals surface area (Å²) in [6, 6.07) is 0. The lowest BCUT2D eigenvalue weighted by Gasteiger charge is -2.40. The van der Waals surface area contributed by atoms with Crippen LogP contribution in [0.4, 0.5) is 0 Å². The number of hydrogen-bond acceptors (Lipinski definition) is 3. The molecule has 2 aliphatic rings. The fraction of sp³-hybridized carbons (Fsp3) is 1.00. The van der Waals surface area contributed by atoms with E-state index in [4.69, 9.17) is 4.74 Å². The highest BCUT2D eigenvalue weighted by molar-refractivity contribution is 4.86. The molecule has 18 heavy (non-hydrogen) atoms. The summed E-state index contributed by atoms with van der Waals surface area (Å²) in [5.74, 6) is 0.431. The lowest BCUT2D eigenvalue weighted by atomic mass is 9.71. The lowest BCUT2D eigenvalue weighted by molar-refractivity contribution is -0.000289. The quantitative estimate of drug-likeness (QED) is 0.836. The zero-order chi connectivity index (χ0) is 13.2. The van der Waals surface area contributed by atoms with E-state index < -0.39 is 0 Å². The molecule has 3 atom stereocenters. The van der Waals surface area contributed by atoms with Crippen LogP contribution in [0.2, 0.25) is 0 Å². The molecule has 1 saturated carbocycles. The zero-order valence-electron chi connectivity index (χ0n) is 12.2. The summed E-state index contributed by atoms with van der Waals surface area (Å²) in [4.78, 5) is 2.35. The van der Waals surface area contributed by atoms with Crippen molar-refractivity contribution in [3.63, 3.8) is 0 Å². The van der Waals surface area contributed by atoms with Gasteiger partial charge in [0.05, 0.1) is 12.2 Å². The first-order chi connectivity index (χ1) is 8.46. The maximum absolute atomic E-state index is 10.2. The van der Waals surface area contributed by atoms with Crippen LogP contribution in [-0.4, -0.2) is 49.0 Å². The van der Waals surface area contributed by atoms with Gasteiger partial charge in [-0.1, -0.05) is 13.8 Å². The molecule has 0 spiro atoms. The molecule has 0 aromatic carbocycles. The van der Waals surface area contributed by atoms with E-state index in [1.54, 1.807) is 0 Å². The summed E-state index contributed by atoms with van der Waals surface area (Å²) in [5.41, 5.74) is 0.397. The van der Waals surface area contributed by atoms with Gasteiger partial charge in [-0.05, 0) is 50.5 Å². The number of aliphatic hydroxyl groups is 1. The Bertz CT molecular complexity index is 261. The van der Waals surface area contributed by atoms with Crippen LogP contribution in [0.3, 0.4) is 0 Å². The van der Waals surface area contributed by atoms with Gasteiger partial charge in [0.2, 0.25) is 0 Å². The third kappa shape index (κ3) is 3.94. The van der Waals surface area contributed by atoms with Crippen LogP contribution in [0.1, 0.15) is 46.0 Å². The van der Waals surface area contributed by atoms with Crippen molar-refractivity contribution >= 4 is 0 Å². The summed E-state index contributed by atoms with van der Waals surface area (Å²) in [5, 5.41) is 10.2. The molecular weight excluding hydrogens is 226 g/mol. The van der Waals surface area contributed by atoms with Gasteiger partial charge in [0.15, 0.2) is 0 Å². The first kappa shape index (κ1) is 14.3. The molecule has 1 heterocycles. The van der Waals surface area contributed by atoms with Crippen molar-refractivity contribution in [1.82, 2.24) is 4.90 Å². The predicted molar refractivity (Wildman–Crippen MR) is 73.6 cm³/mol. The molecule has 106 valence electrons. The molecule has 0 aromatic heterocycles. The average molecular weight is 255 g/mol. The molecule has 1 aliphatic heterocycles. The molecule has 0 radical (unpaired) electrons.